The molecule has 0 heterocycles. The summed E-state index contributed by atoms with van der Waals surface area (Å²) in [6.45, 7) is 11.2. The summed E-state index contributed by atoms with van der Waals surface area (Å²) in [6.07, 6.45) is 41.7. The molecule has 2 aromatic rings. The Morgan fingerprint density at radius 3 is 1.15 bits per heavy atom. The monoisotopic (exact) mass is 825 g/mol. The Balaban J connectivity index is 2.08. The van der Waals surface area contributed by atoms with E-state index in [1.807, 2.05) is 0 Å². The number of halogens is 1. The molecule has 0 aliphatic rings. The molecular weight excluding hydrogens is 740 g/mol. The number of hydrogen-bond acceptors (Lipinski definition) is 3. The maximum Gasteiger partial charge on any atom is 0.203 e. The molecule has 2 rings (SSSR count). The van der Waals surface area contributed by atoms with Gasteiger partial charge in [-0.25, -0.2) is 0 Å². The molecular formula is C51H85BrO3. The molecule has 0 amide bonds. The summed E-state index contributed by atoms with van der Waals surface area (Å²) in [6, 6.07) is 12.8. The van der Waals surface area contributed by atoms with Crippen LogP contribution in [-0.2, 0) is 0 Å². The fourth-order valence-corrected chi connectivity index (χ4v) is 7.78. The molecule has 0 atom stereocenters. The lowest BCUT2D eigenvalue weighted by atomic mass is 10.0. The maximum absolute atomic E-state index is 6.64. The van der Waals surface area contributed by atoms with E-state index in [1.165, 1.54) is 184 Å². The van der Waals surface area contributed by atoms with Crippen LogP contribution in [0, 0.1) is 0 Å². The Labute approximate surface area is 349 Å². The molecule has 0 saturated heterocycles. The second-order valence-electron chi connectivity index (χ2n) is 16.2. The van der Waals surface area contributed by atoms with E-state index in [9.17, 15) is 0 Å². The highest BCUT2D eigenvalue weighted by Gasteiger charge is 2.17. The normalized spacial score (nSPS) is 11.7. The van der Waals surface area contributed by atoms with E-state index in [2.05, 4.69) is 86.1 Å². The SMILES string of the molecule is CCCCCCCCCCCCOc1cc(/C(C)=C\c2ccccc2Br)cc(OCCCCCCCCCCCC)c1OCCCCCCCCCCCC. The minimum absolute atomic E-state index is 0.699. The van der Waals surface area contributed by atoms with Crippen LogP contribution in [0.1, 0.15) is 231 Å². The lowest BCUT2D eigenvalue weighted by Gasteiger charge is -2.19. The molecule has 4 heteroatoms. The second-order valence-corrected chi connectivity index (χ2v) is 17.1. The van der Waals surface area contributed by atoms with Crippen LogP contribution >= 0.6 is 15.9 Å². The largest absolute Gasteiger partial charge is 0.490 e. The van der Waals surface area contributed by atoms with Crippen LogP contribution in [0.5, 0.6) is 17.2 Å². The standard InChI is InChI=1S/C51H85BrO3/c1-5-8-11-14-17-20-23-26-29-34-39-53-49-43-47(45(4)42-46-37-32-33-38-48(46)52)44-50(54-40-35-30-27-24-21-18-15-12-9-6-2)51(49)55-41-36-31-28-25-22-19-16-13-10-7-3/h32-33,37-38,42-44H,5-31,34-36,39-41H2,1-4H3/b45-42-. The van der Waals surface area contributed by atoms with Crippen molar-refractivity contribution in [2.45, 2.75) is 220 Å². The van der Waals surface area contributed by atoms with Crippen molar-refractivity contribution >= 4 is 27.6 Å². The van der Waals surface area contributed by atoms with Crippen LogP contribution in [0.4, 0.5) is 0 Å². The van der Waals surface area contributed by atoms with E-state index in [0.717, 1.165) is 46.5 Å². The van der Waals surface area contributed by atoms with Crippen molar-refractivity contribution in [2.75, 3.05) is 19.8 Å². The molecule has 2 aromatic carbocycles. The first-order chi connectivity index (χ1) is 27.1. The van der Waals surface area contributed by atoms with Crippen molar-refractivity contribution in [3.05, 3.63) is 52.0 Å². The highest BCUT2D eigenvalue weighted by atomic mass is 79.9. The molecule has 55 heavy (non-hydrogen) atoms. The lowest BCUT2D eigenvalue weighted by molar-refractivity contribution is 0.234. The molecule has 0 N–H and O–H groups in total. The first kappa shape index (κ1) is 49.2. The minimum Gasteiger partial charge on any atom is -0.490 e. The van der Waals surface area contributed by atoms with Crippen molar-refractivity contribution < 1.29 is 14.2 Å². The van der Waals surface area contributed by atoms with Gasteiger partial charge in [0.25, 0.3) is 0 Å². The van der Waals surface area contributed by atoms with Crippen molar-refractivity contribution in [3.8, 4) is 17.2 Å². The molecule has 0 aliphatic carbocycles. The van der Waals surface area contributed by atoms with Gasteiger partial charge in [-0.05, 0) is 61.1 Å². The molecule has 0 saturated carbocycles. The molecule has 3 nitrogen and oxygen atoms in total. The fourth-order valence-electron chi connectivity index (χ4n) is 7.38. The first-order valence-corrected chi connectivity index (χ1v) is 24.4. The summed E-state index contributed by atoms with van der Waals surface area (Å²) in [5.41, 5.74) is 3.47. The molecule has 0 aliphatic heterocycles. The number of rotatable bonds is 38. The molecule has 0 spiro atoms. The Morgan fingerprint density at radius 2 is 0.782 bits per heavy atom. The van der Waals surface area contributed by atoms with Gasteiger partial charge in [0.15, 0.2) is 11.5 Å². The van der Waals surface area contributed by atoms with E-state index in [4.69, 9.17) is 14.2 Å². The molecule has 0 fully saturated rings. The van der Waals surface area contributed by atoms with Crippen molar-refractivity contribution in [3.63, 3.8) is 0 Å². The van der Waals surface area contributed by atoms with Gasteiger partial charge in [-0.1, -0.05) is 234 Å². The third-order valence-corrected chi connectivity index (χ3v) is 11.7. The molecule has 0 bridgehead atoms. The van der Waals surface area contributed by atoms with Gasteiger partial charge in [-0.15, -0.1) is 0 Å². The summed E-state index contributed by atoms with van der Waals surface area (Å²) < 4.78 is 21.0. The Hall–Kier alpha value is -1.94. The van der Waals surface area contributed by atoms with Gasteiger partial charge in [0, 0.05) is 4.47 Å². The zero-order valence-electron chi connectivity index (χ0n) is 36.5. The van der Waals surface area contributed by atoms with Gasteiger partial charge >= 0.3 is 0 Å². The number of allylic oxidation sites excluding steroid dienone is 1. The van der Waals surface area contributed by atoms with Crippen LogP contribution in [0.25, 0.3) is 11.6 Å². The van der Waals surface area contributed by atoms with Crippen LogP contribution < -0.4 is 14.2 Å². The van der Waals surface area contributed by atoms with Crippen molar-refractivity contribution in [2.24, 2.45) is 0 Å². The Bertz CT molecular complexity index is 1160. The quantitative estimate of drug-likeness (QED) is 0.0499. The summed E-state index contributed by atoms with van der Waals surface area (Å²) in [5.74, 6) is 2.46. The number of ether oxygens (including phenoxy) is 3. The van der Waals surface area contributed by atoms with Gasteiger partial charge < -0.3 is 14.2 Å². The molecule has 0 radical (unpaired) electrons. The summed E-state index contributed by atoms with van der Waals surface area (Å²) in [7, 11) is 0. The summed E-state index contributed by atoms with van der Waals surface area (Å²) >= 11 is 3.75. The average molecular weight is 826 g/mol. The highest BCUT2D eigenvalue weighted by molar-refractivity contribution is 9.10. The van der Waals surface area contributed by atoms with Crippen LogP contribution in [-0.4, -0.2) is 19.8 Å². The summed E-state index contributed by atoms with van der Waals surface area (Å²) in [4.78, 5) is 0. The van der Waals surface area contributed by atoms with E-state index < -0.39 is 0 Å². The van der Waals surface area contributed by atoms with E-state index in [-0.39, 0.29) is 0 Å². The Morgan fingerprint density at radius 1 is 0.455 bits per heavy atom. The van der Waals surface area contributed by atoms with Crippen LogP contribution in [0.2, 0.25) is 0 Å². The number of benzene rings is 2. The highest BCUT2D eigenvalue weighted by Crippen LogP contribution is 2.42. The lowest BCUT2D eigenvalue weighted by Crippen LogP contribution is -2.07. The first-order valence-electron chi connectivity index (χ1n) is 23.6. The zero-order valence-corrected chi connectivity index (χ0v) is 38.1. The number of hydrogen-bond donors (Lipinski definition) is 0. The van der Waals surface area contributed by atoms with E-state index in [0.29, 0.717) is 19.8 Å². The van der Waals surface area contributed by atoms with Gasteiger partial charge in [0.05, 0.1) is 19.8 Å². The Kier molecular flexibility index (Phi) is 31.5. The summed E-state index contributed by atoms with van der Waals surface area (Å²) in [5, 5.41) is 0. The van der Waals surface area contributed by atoms with E-state index in [1.54, 1.807) is 0 Å². The second kappa shape index (κ2) is 35.2. The number of unbranched alkanes of at least 4 members (excludes halogenated alkanes) is 27. The van der Waals surface area contributed by atoms with E-state index >= 15 is 0 Å². The average Bonchev–Trinajstić information content (AvgIpc) is 3.19. The predicted molar refractivity (Wildman–Crippen MR) is 246 cm³/mol. The zero-order chi connectivity index (χ0) is 39.4. The van der Waals surface area contributed by atoms with Crippen molar-refractivity contribution in [1.82, 2.24) is 0 Å². The fraction of sp³-hybridized carbons (Fsp3) is 0.725. The maximum atomic E-state index is 6.64. The molecule has 314 valence electrons. The van der Waals surface area contributed by atoms with Gasteiger partial charge in [0.1, 0.15) is 0 Å². The molecule has 0 unspecified atom stereocenters. The minimum atomic E-state index is 0.699. The third kappa shape index (κ3) is 25.1. The third-order valence-electron chi connectivity index (χ3n) is 11.0. The predicted octanol–water partition coefficient (Wildman–Crippen LogP) is 17.9. The smallest absolute Gasteiger partial charge is 0.203 e. The van der Waals surface area contributed by atoms with Gasteiger partial charge in [-0.2, -0.15) is 0 Å². The van der Waals surface area contributed by atoms with Crippen LogP contribution in [0.3, 0.4) is 0 Å². The van der Waals surface area contributed by atoms with Gasteiger partial charge in [-0.3, -0.25) is 0 Å². The van der Waals surface area contributed by atoms with Crippen LogP contribution in [0.15, 0.2) is 40.9 Å². The van der Waals surface area contributed by atoms with Crippen molar-refractivity contribution in [1.29, 1.82) is 0 Å². The topological polar surface area (TPSA) is 27.7 Å². The van der Waals surface area contributed by atoms with Gasteiger partial charge in [0.2, 0.25) is 5.75 Å². The molecule has 0 aromatic heterocycles.